The summed E-state index contributed by atoms with van der Waals surface area (Å²) in [5, 5.41) is 10.1. The number of hydrogen-bond donors (Lipinski definition) is 2. The summed E-state index contributed by atoms with van der Waals surface area (Å²) in [7, 11) is 1.58. The molecule has 0 aliphatic carbocycles. The molecule has 0 unspecified atom stereocenters. The van der Waals surface area contributed by atoms with Crippen molar-refractivity contribution >= 4 is 0 Å². The summed E-state index contributed by atoms with van der Waals surface area (Å²) in [5.74, 6) is 0.437. The Bertz CT molecular complexity index is 431. The number of halogens is 1. The molecule has 0 aromatic heterocycles. The highest BCUT2D eigenvalue weighted by Crippen LogP contribution is 2.25. The van der Waals surface area contributed by atoms with Gasteiger partial charge >= 0.3 is 0 Å². The van der Waals surface area contributed by atoms with E-state index in [9.17, 15) is 9.50 Å². The van der Waals surface area contributed by atoms with E-state index in [1.54, 1.807) is 13.2 Å². The van der Waals surface area contributed by atoms with E-state index in [0.717, 1.165) is 18.7 Å². The normalized spacial score (nSPS) is 19.4. The van der Waals surface area contributed by atoms with E-state index in [-0.39, 0.29) is 5.82 Å². The predicted octanol–water partition coefficient (Wildman–Crippen LogP) is 1.12. The Morgan fingerprint density at radius 3 is 2.68 bits per heavy atom. The predicted molar refractivity (Wildman–Crippen MR) is 71.5 cm³/mol. The van der Waals surface area contributed by atoms with Gasteiger partial charge in [-0.15, -0.1) is 0 Å². The maximum Gasteiger partial charge on any atom is 0.123 e. The van der Waals surface area contributed by atoms with Crippen LogP contribution >= 0.6 is 0 Å². The number of rotatable bonds is 4. The number of nitrogens with zero attached hydrogens (tertiary/aromatic N) is 1. The fourth-order valence-corrected chi connectivity index (χ4v) is 2.44. The van der Waals surface area contributed by atoms with Crippen molar-refractivity contribution in [3.05, 3.63) is 29.6 Å². The standard InChI is InChI=1S/C14H21FN2O2/c1-19-13-3-2-12(15)8-11(13)9-17-6-4-14(18,10-16)5-7-17/h2-3,8,18H,4-7,9-10,16H2,1H3. The summed E-state index contributed by atoms with van der Waals surface area (Å²) < 4.78 is 18.5. The van der Waals surface area contributed by atoms with Crippen molar-refractivity contribution in [3.63, 3.8) is 0 Å². The first-order chi connectivity index (χ1) is 9.06. The average Bonchev–Trinajstić information content (AvgIpc) is 2.42. The smallest absolute Gasteiger partial charge is 0.123 e. The number of likely N-dealkylation sites (tertiary alicyclic amines) is 1. The molecular weight excluding hydrogens is 247 g/mol. The third-order valence-corrected chi connectivity index (χ3v) is 3.80. The van der Waals surface area contributed by atoms with Gasteiger partial charge in [0.15, 0.2) is 0 Å². The van der Waals surface area contributed by atoms with Gasteiger partial charge in [0.25, 0.3) is 0 Å². The minimum absolute atomic E-state index is 0.258. The number of methoxy groups -OCH3 is 1. The van der Waals surface area contributed by atoms with E-state index in [0.29, 0.717) is 31.7 Å². The summed E-state index contributed by atoms with van der Waals surface area (Å²) in [6.07, 6.45) is 1.31. The van der Waals surface area contributed by atoms with Crippen molar-refractivity contribution in [1.82, 2.24) is 4.90 Å². The first-order valence-electron chi connectivity index (χ1n) is 6.53. The van der Waals surface area contributed by atoms with Crippen molar-refractivity contribution < 1.29 is 14.2 Å². The number of hydrogen-bond acceptors (Lipinski definition) is 4. The molecule has 0 atom stereocenters. The van der Waals surface area contributed by atoms with E-state index in [4.69, 9.17) is 10.5 Å². The van der Waals surface area contributed by atoms with Crippen molar-refractivity contribution in [2.45, 2.75) is 25.0 Å². The Balaban J connectivity index is 2.01. The molecule has 5 heteroatoms. The molecule has 3 N–H and O–H groups in total. The molecule has 0 saturated carbocycles. The SMILES string of the molecule is COc1ccc(F)cc1CN1CCC(O)(CN)CC1. The lowest BCUT2D eigenvalue weighted by Gasteiger charge is -2.37. The molecule has 0 bridgehead atoms. The Morgan fingerprint density at radius 2 is 2.11 bits per heavy atom. The van der Waals surface area contributed by atoms with Crippen molar-refractivity contribution in [2.24, 2.45) is 5.73 Å². The number of nitrogens with two attached hydrogens (primary N) is 1. The topological polar surface area (TPSA) is 58.7 Å². The van der Waals surface area contributed by atoms with Crippen LogP contribution < -0.4 is 10.5 Å². The second-order valence-corrected chi connectivity index (χ2v) is 5.16. The van der Waals surface area contributed by atoms with E-state index in [1.807, 2.05) is 0 Å². The van der Waals surface area contributed by atoms with Crippen LogP contribution in [-0.4, -0.2) is 42.4 Å². The summed E-state index contributed by atoms with van der Waals surface area (Å²) in [6.45, 7) is 2.44. The molecule has 1 aliphatic heterocycles. The van der Waals surface area contributed by atoms with Crippen molar-refractivity contribution in [2.75, 3.05) is 26.7 Å². The highest BCUT2D eigenvalue weighted by Gasteiger charge is 2.30. The molecule has 4 nitrogen and oxygen atoms in total. The summed E-state index contributed by atoms with van der Waals surface area (Å²) in [5.41, 5.74) is 5.66. The second-order valence-electron chi connectivity index (χ2n) is 5.16. The molecule has 1 aromatic carbocycles. The fraction of sp³-hybridized carbons (Fsp3) is 0.571. The zero-order chi connectivity index (χ0) is 13.9. The molecule has 0 radical (unpaired) electrons. The van der Waals surface area contributed by atoms with Gasteiger partial charge in [-0.3, -0.25) is 4.90 Å². The van der Waals surface area contributed by atoms with Gasteiger partial charge in [0.2, 0.25) is 0 Å². The molecule has 1 fully saturated rings. The average molecular weight is 268 g/mol. The minimum atomic E-state index is -0.734. The van der Waals surface area contributed by atoms with Crippen molar-refractivity contribution in [3.8, 4) is 5.75 Å². The van der Waals surface area contributed by atoms with Crippen LogP contribution in [0.5, 0.6) is 5.75 Å². The van der Waals surface area contributed by atoms with Gasteiger partial charge in [0.1, 0.15) is 11.6 Å². The van der Waals surface area contributed by atoms with Gasteiger partial charge in [-0.2, -0.15) is 0 Å². The molecule has 1 aromatic rings. The molecule has 1 heterocycles. The van der Waals surface area contributed by atoms with E-state index < -0.39 is 5.60 Å². The lowest BCUT2D eigenvalue weighted by molar-refractivity contribution is -0.0154. The van der Waals surface area contributed by atoms with E-state index in [2.05, 4.69) is 4.90 Å². The molecule has 19 heavy (non-hydrogen) atoms. The lowest BCUT2D eigenvalue weighted by Crippen LogP contribution is -2.48. The van der Waals surface area contributed by atoms with Crippen LogP contribution in [0.15, 0.2) is 18.2 Å². The van der Waals surface area contributed by atoms with Crippen LogP contribution in [0, 0.1) is 5.82 Å². The molecule has 1 saturated heterocycles. The van der Waals surface area contributed by atoms with E-state index in [1.165, 1.54) is 12.1 Å². The third-order valence-electron chi connectivity index (χ3n) is 3.80. The minimum Gasteiger partial charge on any atom is -0.496 e. The van der Waals surface area contributed by atoms with Gasteiger partial charge in [-0.1, -0.05) is 0 Å². The van der Waals surface area contributed by atoms with Gasteiger partial charge < -0.3 is 15.6 Å². The number of piperidine rings is 1. The molecule has 1 aliphatic rings. The molecule has 0 spiro atoms. The van der Waals surface area contributed by atoms with Crippen LogP contribution in [0.3, 0.4) is 0 Å². The highest BCUT2D eigenvalue weighted by molar-refractivity contribution is 5.33. The van der Waals surface area contributed by atoms with Crippen LogP contribution in [-0.2, 0) is 6.54 Å². The van der Waals surface area contributed by atoms with Crippen LogP contribution in [0.4, 0.5) is 4.39 Å². The largest absolute Gasteiger partial charge is 0.496 e. The first kappa shape index (κ1) is 14.2. The zero-order valence-electron chi connectivity index (χ0n) is 11.2. The van der Waals surface area contributed by atoms with Gasteiger partial charge in [-0.05, 0) is 31.0 Å². The summed E-state index contributed by atoms with van der Waals surface area (Å²) in [4.78, 5) is 2.18. The maximum absolute atomic E-state index is 13.3. The van der Waals surface area contributed by atoms with Crippen LogP contribution in [0.1, 0.15) is 18.4 Å². The number of ether oxygens (including phenoxy) is 1. The maximum atomic E-state index is 13.3. The third kappa shape index (κ3) is 3.43. The quantitative estimate of drug-likeness (QED) is 0.859. The summed E-state index contributed by atoms with van der Waals surface area (Å²) >= 11 is 0. The first-order valence-corrected chi connectivity index (χ1v) is 6.53. The monoisotopic (exact) mass is 268 g/mol. The Morgan fingerprint density at radius 1 is 1.42 bits per heavy atom. The number of benzene rings is 1. The zero-order valence-corrected chi connectivity index (χ0v) is 11.2. The fourth-order valence-electron chi connectivity index (χ4n) is 2.44. The molecule has 0 amide bonds. The summed E-state index contributed by atoms with van der Waals surface area (Å²) in [6, 6.07) is 4.54. The molecular formula is C14H21FN2O2. The number of aliphatic hydroxyl groups is 1. The molecule has 106 valence electrons. The van der Waals surface area contributed by atoms with Gasteiger partial charge in [-0.25, -0.2) is 4.39 Å². The molecule has 2 rings (SSSR count). The highest BCUT2D eigenvalue weighted by atomic mass is 19.1. The van der Waals surface area contributed by atoms with Crippen molar-refractivity contribution in [1.29, 1.82) is 0 Å². The Labute approximate surface area is 113 Å². The van der Waals surface area contributed by atoms with E-state index >= 15 is 0 Å². The van der Waals surface area contributed by atoms with Crippen LogP contribution in [0.25, 0.3) is 0 Å². The Kier molecular flexibility index (Phi) is 4.39. The lowest BCUT2D eigenvalue weighted by atomic mass is 9.91. The van der Waals surface area contributed by atoms with Gasteiger partial charge in [0.05, 0.1) is 12.7 Å². The van der Waals surface area contributed by atoms with Gasteiger partial charge in [0, 0.05) is 31.7 Å². The Hall–Kier alpha value is -1.17. The second kappa shape index (κ2) is 5.86. The van der Waals surface area contributed by atoms with Crippen LogP contribution in [0.2, 0.25) is 0 Å².